The molecule has 4 rings (SSSR count). The van der Waals surface area contributed by atoms with Crippen molar-refractivity contribution in [1.29, 1.82) is 0 Å². The van der Waals surface area contributed by atoms with Crippen LogP contribution >= 0.6 is 0 Å². The molecule has 1 unspecified atom stereocenters. The number of hydrogen-bond donors (Lipinski definition) is 0. The molecule has 0 N–H and O–H groups in total. The van der Waals surface area contributed by atoms with Crippen LogP contribution < -0.4 is 0 Å². The van der Waals surface area contributed by atoms with Crippen molar-refractivity contribution in [2.45, 2.75) is 32.4 Å². The largest absolute Gasteiger partial charge is 0.381 e. The van der Waals surface area contributed by atoms with Gasteiger partial charge >= 0.3 is 0 Å². The summed E-state index contributed by atoms with van der Waals surface area (Å²) in [5.74, 6) is 1.80. The minimum atomic E-state index is 0.0464. The number of carbonyl (C=O) groups is 1. The minimum absolute atomic E-state index is 0.0464. The van der Waals surface area contributed by atoms with Crippen LogP contribution in [0.25, 0.3) is 0 Å². The Morgan fingerprint density at radius 2 is 2.00 bits per heavy atom. The van der Waals surface area contributed by atoms with E-state index in [1.807, 2.05) is 23.2 Å². The molecule has 1 fully saturated rings. The molecule has 3 aliphatic rings. The highest BCUT2D eigenvalue weighted by Gasteiger charge is 2.30. The molecule has 1 aromatic heterocycles. The number of imidazole rings is 1. The fraction of sp³-hybridized carbons (Fsp3) is 0.667. The fourth-order valence-corrected chi connectivity index (χ4v) is 3.95. The normalized spacial score (nSPS) is 25.2. The summed E-state index contributed by atoms with van der Waals surface area (Å²) in [4.78, 5) is 21.6. The molecule has 0 saturated carbocycles. The molecular formula is C18H26N4O2. The Morgan fingerprint density at radius 3 is 2.75 bits per heavy atom. The van der Waals surface area contributed by atoms with E-state index in [2.05, 4.69) is 16.4 Å². The maximum absolute atomic E-state index is 12.6. The zero-order valence-electron chi connectivity index (χ0n) is 14.4. The molecule has 0 aromatic carbocycles. The first-order valence-electron chi connectivity index (χ1n) is 9.05. The number of amides is 1. The summed E-state index contributed by atoms with van der Waals surface area (Å²) in [5, 5.41) is 0. The molecule has 1 aromatic rings. The van der Waals surface area contributed by atoms with Gasteiger partial charge in [-0.1, -0.05) is 12.2 Å². The van der Waals surface area contributed by atoms with E-state index in [9.17, 15) is 4.79 Å². The molecule has 1 atom stereocenters. The van der Waals surface area contributed by atoms with Gasteiger partial charge in [0, 0.05) is 52.1 Å². The van der Waals surface area contributed by atoms with Crippen LogP contribution in [0.15, 0.2) is 18.3 Å². The monoisotopic (exact) mass is 330 g/mol. The van der Waals surface area contributed by atoms with Crippen molar-refractivity contribution in [2.24, 2.45) is 5.92 Å². The molecule has 0 bridgehead atoms. The first-order chi connectivity index (χ1) is 11.7. The van der Waals surface area contributed by atoms with Crippen LogP contribution in [0, 0.1) is 5.92 Å². The third-order valence-corrected chi connectivity index (χ3v) is 5.52. The summed E-state index contributed by atoms with van der Waals surface area (Å²) >= 11 is 0. The highest BCUT2D eigenvalue weighted by molar-refractivity contribution is 5.92. The second-order valence-electron chi connectivity index (χ2n) is 7.09. The molecule has 6 heteroatoms. The lowest BCUT2D eigenvalue weighted by Crippen LogP contribution is -2.40. The number of rotatable bonds is 3. The van der Waals surface area contributed by atoms with Crippen molar-refractivity contribution in [1.82, 2.24) is 19.4 Å². The molecular weight excluding hydrogens is 304 g/mol. The Kier molecular flexibility index (Phi) is 4.41. The van der Waals surface area contributed by atoms with E-state index in [0.29, 0.717) is 18.8 Å². The first-order valence-corrected chi connectivity index (χ1v) is 9.05. The van der Waals surface area contributed by atoms with Gasteiger partial charge in [0.05, 0.1) is 6.04 Å². The summed E-state index contributed by atoms with van der Waals surface area (Å²) in [5.41, 5.74) is 0.591. The predicted molar refractivity (Wildman–Crippen MR) is 90.8 cm³/mol. The van der Waals surface area contributed by atoms with Gasteiger partial charge in [0.15, 0.2) is 0 Å². The van der Waals surface area contributed by atoms with Crippen molar-refractivity contribution >= 4 is 5.91 Å². The maximum atomic E-state index is 12.6. The van der Waals surface area contributed by atoms with E-state index >= 15 is 0 Å². The van der Waals surface area contributed by atoms with E-state index < -0.39 is 0 Å². The van der Waals surface area contributed by atoms with Crippen LogP contribution in [-0.2, 0) is 11.3 Å². The van der Waals surface area contributed by atoms with E-state index in [1.54, 1.807) is 0 Å². The summed E-state index contributed by atoms with van der Waals surface area (Å²) in [6.45, 7) is 8.45. The Bertz CT molecular complexity index is 625. The second-order valence-corrected chi connectivity index (χ2v) is 7.09. The molecule has 0 aliphatic carbocycles. The van der Waals surface area contributed by atoms with Crippen molar-refractivity contribution < 1.29 is 9.53 Å². The van der Waals surface area contributed by atoms with Crippen molar-refractivity contribution in [2.75, 3.05) is 39.4 Å². The molecule has 0 radical (unpaired) electrons. The Hall–Kier alpha value is -1.66. The van der Waals surface area contributed by atoms with Crippen LogP contribution in [0.2, 0.25) is 0 Å². The predicted octanol–water partition coefficient (Wildman–Crippen LogP) is 1.70. The summed E-state index contributed by atoms with van der Waals surface area (Å²) < 4.78 is 7.64. The highest BCUT2D eigenvalue weighted by Crippen LogP contribution is 2.28. The van der Waals surface area contributed by atoms with Crippen molar-refractivity contribution in [3.63, 3.8) is 0 Å². The fourth-order valence-electron chi connectivity index (χ4n) is 3.95. The number of carbonyl (C=O) groups excluding carboxylic acids is 1. The average molecular weight is 330 g/mol. The minimum Gasteiger partial charge on any atom is -0.381 e. The molecule has 130 valence electrons. The van der Waals surface area contributed by atoms with Gasteiger partial charge in [-0.25, -0.2) is 4.98 Å². The van der Waals surface area contributed by atoms with E-state index in [0.717, 1.165) is 57.4 Å². The van der Waals surface area contributed by atoms with Crippen LogP contribution in [0.3, 0.4) is 0 Å². The van der Waals surface area contributed by atoms with E-state index in [-0.39, 0.29) is 11.9 Å². The van der Waals surface area contributed by atoms with Gasteiger partial charge in [0.25, 0.3) is 5.91 Å². The molecule has 1 amide bonds. The average Bonchev–Trinajstić information content (AvgIpc) is 3.27. The molecule has 3 aliphatic heterocycles. The van der Waals surface area contributed by atoms with Crippen LogP contribution in [-0.4, -0.2) is 64.7 Å². The zero-order chi connectivity index (χ0) is 16.5. The number of hydrogen-bond acceptors (Lipinski definition) is 4. The number of aromatic nitrogens is 2. The van der Waals surface area contributed by atoms with Crippen LogP contribution in [0.1, 0.15) is 42.1 Å². The SMILES string of the molecule is CC1c2nc(C(=O)N3CC=CC3)cn2CCN1CC1CCOCC1. The molecule has 0 spiro atoms. The molecule has 4 heterocycles. The number of nitrogens with zero attached hydrogens (tertiary/aromatic N) is 4. The second kappa shape index (κ2) is 6.69. The number of ether oxygens (including phenoxy) is 1. The van der Waals surface area contributed by atoms with E-state index in [4.69, 9.17) is 9.72 Å². The van der Waals surface area contributed by atoms with Crippen LogP contribution in [0.4, 0.5) is 0 Å². The topological polar surface area (TPSA) is 50.6 Å². The Labute approximate surface area is 143 Å². The lowest BCUT2D eigenvalue weighted by atomic mass is 9.98. The Morgan fingerprint density at radius 1 is 1.25 bits per heavy atom. The van der Waals surface area contributed by atoms with Gasteiger partial charge in [-0.3, -0.25) is 9.69 Å². The highest BCUT2D eigenvalue weighted by atomic mass is 16.5. The van der Waals surface area contributed by atoms with Gasteiger partial charge in [-0.15, -0.1) is 0 Å². The summed E-state index contributed by atoms with van der Waals surface area (Å²) in [6, 6.07) is 0.264. The third kappa shape index (κ3) is 3.00. The van der Waals surface area contributed by atoms with Gasteiger partial charge in [-0.05, 0) is 25.7 Å². The van der Waals surface area contributed by atoms with Crippen molar-refractivity contribution in [3.8, 4) is 0 Å². The van der Waals surface area contributed by atoms with Crippen LogP contribution in [0.5, 0.6) is 0 Å². The quantitative estimate of drug-likeness (QED) is 0.792. The lowest BCUT2D eigenvalue weighted by Gasteiger charge is -2.37. The maximum Gasteiger partial charge on any atom is 0.274 e. The zero-order valence-corrected chi connectivity index (χ0v) is 14.4. The standard InChI is InChI=1S/C18H26N4O2/c1-14-17-19-16(18(23)20-6-2-3-7-20)13-22(17)9-8-21(14)12-15-4-10-24-11-5-15/h2-3,13-15H,4-12H2,1H3. The van der Waals surface area contributed by atoms with Gasteiger partial charge in [0.2, 0.25) is 0 Å². The van der Waals surface area contributed by atoms with Gasteiger partial charge in [0.1, 0.15) is 11.5 Å². The first kappa shape index (κ1) is 15.8. The number of fused-ring (bicyclic) bond motifs is 1. The third-order valence-electron chi connectivity index (χ3n) is 5.52. The summed E-state index contributed by atoms with van der Waals surface area (Å²) in [7, 11) is 0. The van der Waals surface area contributed by atoms with Crippen molar-refractivity contribution in [3.05, 3.63) is 29.9 Å². The van der Waals surface area contributed by atoms with Gasteiger partial charge in [-0.2, -0.15) is 0 Å². The van der Waals surface area contributed by atoms with E-state index in [1.165, 1.54) is 0 Å². The molecule has 6 nitrogen and oxygen atoms in total. The van der Waals surface area contributed by atoms with Gasteiger partial charge < -0.3 is 14.2 Å². The molecule has 1 saturated heterocycles. The molecule has 24 heavy (non-hydrogen) atoms. The lowest BCUT2D eigenvalue weighted by molar-refractivity contribution is 0.0411. The Balaban J connectivity index is 1.46. The summed E-state index contributed by atoms with van der Waals surface area (Å²) in [6.07, 6.45) is 8.32. The smallest absolute Gasteiger partial charge is 0.274 e.